The summed E-state index contributed by atoms with van der Waals surface area (Å²) in [6.07, 6.45) is 3.55. The number of carbonyl (C=O) groups is 5. The predicted molar refractivity (Wildman–Crippen MR) is 188 cm³/mol. The number of nitrogens with zero attached hydrogens (tertiary/aromatic N) is 4. The minimum Gasteiger partial charge on any atom is -0.427 e. The van der Waals surface area contributed by atoms with Gasteiger partial charge in [0.2, 0.25) is 13.6 Å². The third kappa shape index (κ3) is 11.3. The van der Waals surface area contributed by atoms with Crippen LogP contribution in [0.4, 0.5) is 5.13 Å². The van der Waals surface area contributed by atoms with Gasteiger partial charge in [-0.2, -0.15) is 0 Å². The number of ether oxygens (including phenoxy) is 4. The number of hydrogen-bond acceptors (Lipinski definition) is 18. The van der Waals surface area contributed by atoms with Crippen LogP contribution in [0.25, 0.3) is 6.08 Å². The number of aromatic nitrogens is 2. The van der Waals surface area contributed by atoms with Crippen LogP contribution in [0, 0.1) is 23.7 Å². The van der Waals surface area contributed by atoms with Crippen molar-refractivity contribution in [1.29, 1.82) is 0 Å². The number of allylic oxidation sites excluding steroid dienone is 1. The van der Waals surface area contributed by atoms with Crippen molar-refractivity contribution in [3.8, 4) is 0 Å². The molecule has 0 fully saturated rings. The van der Waals surface area contributed by atoms with Crippen LogP contribution >= 0.6 is 34.4 Å². The van der Waals surface area contributed by atoms with E-state index in [9.17, 15) is 24.0 Å². The lowest BCUT2D eigenvalue weighted by atomic mass is 9.97. The maximum absolute atomic E-state index is 13.5. The molecule has 0 aromatic carbocycles. The van der Waals surface area contributed by atoms with Crippen LogP contribution in [-0.4, -0.2) is 89.0 Å². The molecule has 1 aliphatic rings. The van der Waals surface area contributed by atoms with Gasteiger partial charge in [-0.15, -0.1) is 34.4 Å². The first-order valence-electron chi connectivity index (χ1n) is 15.0. The number of nitrogen functional groups attached to an aromatic ring is 1. The van der Waals surface area contributed by atoms with Crippen LogP contribution in [0.3, 0.4) is 0 Å². The summed E-state index contributed by atoms with van der Waals surface area (Å²) in [5, 5.41) is 6.78. The van der Waals surface area contributed by atoms with E-state index in [-0.39, 0.29) is 28.0 Å². The molecule has 0 aliphatic carbocycles. The van der Waals surface area contributed by atoms with Crippen molar-refractivity contribution in [2.24, 2.45) is 26.9 Å². The van der Waals surface area contributed by atoms with Crippen LogP contribution in [0.5, 0.6) is 0 Å². The van der Waals surface area contributed by atoms with E-state index in [1.54, 1.807) is 59.2 Å². The van der Waals surface area contributed by atoms with Crippen LogP contribution in [-0.2, 0) is 47.8 Å². The smallest absolute Gasteiger partial charge is 0.355 e. The third-order valence-corrected chi connectivity index (χ3v) is 9.36. The van der Waals surface area contributed by atoms with E-state index >= 15 is 0 Å². The molecule has 0 bridgehead atoms. The van der Waals surface area contributed by atoms with E-state index in [1.807, 2.05) is 6.92 Å². The van der Waals surface area contributed by atoms with Crippen LogP contribution in [0.1, 0.15) is 57.8 Å². The van der Waals surface area contributed by atoms with E-state index in [2.05, 4.69) is 25.4 Å². The Labute approximate surface area is 301 Å². The maximum Gasteiger partial charge on any atom is 0.355 e. The Morgan fingerprint density at radius 1 is 1.02 bits per heavy atom. The van der Waals surface area contributed by atoms with Crippen molar-refractivity contribution in [1.82, 2.24) is 15.3 Å². The summed E-state index contributed by atoms with van der Waals surface area (Å²) in [7, 11) is 1.22. The number of aliphatic imine (C=N–C) groups is 1. The van der Waals surface area contributed by atoms with E-state index in [1.165, 1.54) is 23.8 Å². The molecule has 2 aromatic heterocycles. The zero-order valence-electron chi connectivity index (χ0n) is 28.8. The molecule has 3 rings (SSSR count). The molecule has 0 radical (unpaired) electrons. The highest BCUT2D eigenvalue weighted by Gasteiger charge is 2.39. The number of anilines is 1. The zero-order chi connectivity index (χ0) is 37.2. The molecule has 3 N–H and O–H groups in total. The lowest BCUT2D eigenvalue weighted by Gasteiger charge is -2.29. The highest BCUT2D eigenvalue weighted by molar-refractivity contribution is 8.00. The van der Waals surface area contributed by atoms with Crippen molar-refractivity contribution >= 4 is 86.9 Å². The van der Waals surface area contributed by atoms with Crippen LogP contribution in [0.2, 0.25) is 0 Å². The lowest BCUT2D eigenvalue weighted by molar-refractivity contribution is -0.175. The second kappa shape index (κ2) is 17.5. The first-order valence-corrected chi connectivity index (χ1v) is 17.8. The third-order valence-electron chi connectivity index (χ3n) is 6.52. The molecule has 272 valence electrons. The zero-order valence-corrected chi connectivity index (χ0v) is 31.3. The number of thioether (sulfide) groups is 1. The molecule has 3 atom stereocenters. The molecule has 2 aromatic rings. The number of nitrogens with two attached hydrogens (primary N) is 1. The summed E-state index contributed by atoms with van der Waals surface area (Å²) in [6, 6.07) is -1.55. The van der Waals surface area contributed by atoms with Crippen LogP contribution in [0.15, 0.2) is 27.1 Å². The summed E-state index contributed by atoms with van der Waals surface area (Å²) in [5.41, 5.74) is 6.18. The van der Waals surface area contributed by atoms with Gasteiger partial charge in [-0.1, -0.05) is 11.2 Å². The highest BCUT2D eigenvalue weighted by Crippen LogP contribution is 2.30. The van der Waals surface area contributed by atoms with Crippen LogP contribution < -0.4 is 11.1 Å². The summed E-state index contributed by atoms with van der Waals surface area (Å²) in [5.74, 6) is -4.48. The fourth-order valence-electron chi connectivity index (χ4n) is 3.77. The standard InChI is InChI=1S/C31H40N6O10S3/c1-16-19(50-13-33-16)10-9-17-11-48-24(36-20(17)25(39)44-14-46-27(41)30(2,3)4)22(26(40)45-15-47-28(42)31(5,6)7)35-23(38)21(37-43-8)18-12-49-29(32)34-18/h9-10,12-13,17,22,24H,11,14-15H2,1-8H3,(H2,32,34)(H,35,38)/b10-9-,37-21-/t17?,22-,24+/m0/s1. The van der Waals surface area contributed by atoms with E-state index in [0.717, 1.165) is 33.7 Å². The van der Waals surface area contributed by atoms with E-state index < -0.39 is 71.5 Å². The van der Waals surface area contributed by atoms with Gasteiger partial charge in [-0.3, -0.25) is 19.4 Å². The number of esters is 4. The van der Waals surface area contributed by atoms with Gasteiger partial charge in [0.15, 0.2) is 16.9 Å². The lowest BCUT2D eigenvalue weighted by Crippen LogP contribution is -2.52. The van der Waals surface area contributed by atoms with Crippen molar-refractivity contribution in [3.63, 3.8) is 0 Å². The van der Waals surface area contributed by atoms with E-state index in [4.69, 9.17) is 29.5 Å². The van der Waals surface area contributed by atoms with E-state index in [0.29, 0.717) is 0 Å². The minimum absolute atomic E-state index is 0.0792. The first-order chi connectivity index (χ1) is 23.4. The second-order valence-electron chi connectivity index (χ2n) is 12.6. The second-order valence-corrected chi connectivity index (χ2v) is 15.6. The largest absolute Gasteiger partial charge is 0.427 e. The number of hydrogen-bond donors (Lipinski definition) is 2. The summed E-state index contributed by atoms with van der Waals surface area (Å²) >= 11 is 3.60. The van der Waals surface area contributed by atoms with Gasteiger partial charge in [0.25, 0.3) is 5.91 Å². The molecule has 19 heteroatoms. The molecular weight excluding hydrogens is 713 g/mol. The topological polar surface area (TPSA) is 220 Å². The van der Waals surface area contributed by atoms with Crippen molar-refractivity contribution < 1.29 is 47.8 Å². The van der Waals surface area contributed by atoms with Crippen molar-refractivity contribution in [2.75, 3.05) is 32.2 Å². The fourth-order valence-corrected chi connectivity index (χ4v) is 6.26. The average Bonchev–Trinajstić information content (AvgIpc) is 3.67. The average molecular weight is 753 g/mol. The summed E-state index contributed by atoms with van der Waals surface area (Å²) in [6.45, 7) is 10.2. The number of thiazole rings is 2. The molecule has 16 nitrogen and oxygen atoms in total. The number of carbonyl (C=O) groups excluding carboxylic acids is 5. The van der Waals surface area contributed by atoms with Gasteiger partial charge >= 0.3 is 23.9 Å². The predicted octanol–water partition coefficient (Wildman–Crippen LogP) is 3.35. The number of nitrogens with one attached hydrogen (secondary N) is 1. The Kier molecular flexibility index (Phi) is 14.0. The Balaban J connectivity index is 1.96. The number of amides is 1. The number of oxime groups is 1. The van der Waals surface area contributed by atoms with Crippen molar-refractivity contribution in [2.45, 2.75) is 59.9 Å². The van der Waals surface area contributed by atoms with Gasteiger partial charge in [0.05, 0.1) is 22.0 Å². The molecule has 1 amide bonds. The molecule has 3 heterocycles. The SMILES string of the molecule is CO/N=C(\C(=O)N[C@H](C(=O)OCOC(=O)C(C)(C)C)[C@@H]1N=C(C(=O)OCOC(=O)C(C)(C)C)C(/C=C\c2scnc2C)CS1)c1csc(N)n1. The van der Waals surface area contributed by atoms with Gasteiger partial charge in [-0.25, -0.2) is 19.6 Å². The fraction of sp³-hybridized carbons (Fsp3) is 0.516. The molecule has 0 saturated carbocycles. The van der Waals surface area contributed by atoms with Gasteiger partial charge in [0.1, 0.15) is 23.9 Å². The Hall–Kier alpha value is -4.36. The van der Waals surface area contributed by atoms with Gasteiger partial charge in [0, 0.05) is 21.9 Å². The molecule has 0 saturated heterocycles. The molecule has 0 spiro atoms. The molecule has 1 unspecified atom stereocenters. The highest BCUT2D eigenvalue weighted by atomic mass is 32.2. The quantitative estimate of drug-likeness (QED) is 0.130. The maximum atomic E-state index is 13.5. The summed E-state index contributed by atoms with van der Waals surface area (Å²) < 4.78 is 20.7. The van der Waals surface area contributed by atoms with Crippen molar-refractivity contribution in [3.05, 3.63) is 33.2 Å². The van der Waals surface area contributed by atoms with Gasteiger partial charge in [-0.05, 0) is 54.5 Å². The first kappa shape index (κ1) is 40.1. The Bertz CT molecular complexity index is 1650. The minimum atomic E-state index is -1.55. The summed E-state index contributed by atoms with van der Waals surface area (Å²) in [4.78, 5) is 83.6. The molecular formula is C31H40N6O10S3. The number of aryl methyl sites for hydroxylation is 1. The Morgan fingerprint density at radius 3 is 2.20 bits per heavy atom. The normalized spacial score (nSPS) is 17.4. The monoisotopic (exact) mass is 752 g/mol. The van der Waals surface area contributed by atoms with Gasteiger partial charge < -0.3 is 34.8 Å². The number of rotatable bonds is 13. The molecule has 1 aliphatic heterocycles. The molecule has 50 heavy (non-hydrogen) atoms. The Morgan fingerprint density at radius 2 is 1.66 bits per heavy atom.